The Labute approximate surface area is 183 Å². The third-order valence-electron chi connectivity index (χ3n) is 5.72. The normalized spacial score (nSPS) is 16.6. The first-order chi connectivity index (χ1) is 15.3. The van der Waals surface area contributed by atoms with Crippen molar-refractivity contribution in [2.45, 2.75) is 36.4 Å². The molecule has 1 unspecified atom stereocenters. The van der Waals surface area contributed by atoms with E-state index in [1.54, 1.807) is 11.8 Å². The van der Waals surface area contributed by atoms with Gasteiger partial charge in [0.2, 0.25) is 0 Å². The topological polar surface area (TPSA) is 73.0 Å². The molecular weight excluding hydrogens is 408 g/mol. The lowest BCUT2D eigenvalue weighted by Gasteiger charge is -2.14. The highest BCUT2D eigenvalue weighted by atomic mass is 32.2. The molecule has 0 amide bonds. The van der Waals surface area contributed by atoms with Gasteiger partial charge in [-0.25, -0.2) is 4.98 Å². The maximum atomic E-state index is 5.93. The van der Waals surface area contributed by atoms with Crippen LogP contribution in [0.4, 0.5) is 0 Å². The largest absolute Gasteiger partial charge is 0.376 e. The smallest absolute Gasteiger partial charge is 0.191 e. The monoisotopic (exact) mass is 430 g/mol. The van der Waals surface area contributed by atoms with Gasteiger partial charge < -0.3 is 14.1 Å². The molecule has 0 aliphatic carbocycles. The average molecular weight is 431 g/mol. The second-order valence-corrected chi connectivity index (χ2v) is 8.73. The third kappa shape index (κ3) is 3.51. The Morgan fingerprint density at radius 1 is 1.13 bits per heavy atom. The standard InChI is InChI=1S/C23H22N6OS/c1-2-8-20-18(7-1)19(12-24-20)22-26-27-23(29(22)14-17-6-5-11-30-17)31-15-16-13-28-10-4-3-9-21(28)25-16/h1-4,7-10,12-13,17,24H,5-6,11,14-15H2. The van der Waals surface area contributed by atoms with Crippen LogP contribution in [0, 0.1) is 0 Å². The van der Waals surface area contributed by atoms with Crippen LogP contribution in [0.5, 0.6) is 0 Å². The number of nitrogens with zero attached hydrogens (tertiary/aromatic N) is 5. The molecule has 0 bridgehead atoms. The van der Waals surface area contributed by atoms with Crippen LogP contribution in [-0.2, 0) is 17.0 Å². The van der Waals surface area contributed by atoms with Gasteiger partial charge in [-0.1, -0.05) is 36.0 Å². The third-order valence-corrected chi connectivity index (χ3v) is 6.72. The zero-order valence-corrected chi connectivity index (χ0v) is 17.8. The highest BCUT2D eigenvalue weighted by molar-refractivity contribution is 7.98. The van der Waals surface area contributed by atoms with E-state index in [-0.39, 0.29) is 6.10 Å². The number of rotatable bonds is 6. The van der Waals surface area contributed by atoms with E-state index in [1.807, 2.05) is 41.1 Å². The van der Waals surface area contributed by atoms with E-state index >= 15 is 0 Å². The summed E-state index contributed by atoms with van der Waals surface area (Å²) in [5, 5.41) is 11.2. The van der Waals surface area contributed by atoms with Crippen molar-refractivity contribution in [3.05, 3.63) is 66.7 Å². The van der Waals surface area contributed by atoms with Gasteiger partial charge in [-0.05, 0) is 31.0 Å². The van der Waals surface area contributed by atoms with Gasteiger partial charge in [0.25, 0.3) is 0 Å². The van der Waals surface area contributed by atoms with Gasteiger partial charge in [0.05, 0.1) is 18.3 Å². The highest BCUT2D eigenvalue weighted by Gasteiger charge is 2.23. The van der Waals surface area contributed by atoms with Crippen LogP contribution in [0.25, 0.3) is 27.9 Å². The fourth-order valence-corrected chi connectivity index (χ4v) is 5.03. The van der Waals surface area contributed by atoms with Crippen molar-refractivity contribution >= 4 is 28.3 Å². The molecule has 1 aliphatic heterocycles. The summed E-state index contributed by atoms with van der Waals surface area (Å²) in [5.41, 5.74) is 4.15. The van der Waals surface area contributed by atoms with Gasteiger partial charge in [-0.2, -0.15) is 0 Å². The summed E-state index contributed by atoms with van der Waals surface area (Å²) in [7, 11) is 0. The van der Waals surface area contributed by atoms with Gasteiger partial charge >= 0.3 is 0 Å². The molecule has 5 aromatic rings. The van der Waals surface area contributed by atoms with E-state index < -0.39 is 0 Å². The fraction of sp³-hybridized carbons (Fsp3) is 0.261. The Balaban J connectivity index is 1.34. The van der Waals surface area contributed by atoms with Gasteiger partial charge in [0.1, 0.15) is 5.65 Å². The molecule has 4 aromatic heterocycles. The second kappa shape index (κ2) is 7.86. The average Bonchev–Trinajstić information content (AvgIpc) is 3.58. The van der Waals surface area contributed by atoms with Crippen LogP contribution in [0.3, 0.4) is 0 Å². The first-order valence-corrected chi connectivity index (χ1v) is 11.5. The quantitative estimate of drug-likeness (QED) is 0.400. The Hall–Kier alpha value is -3.10. The Morgan fingerprint density at radius 2 is 2.06 bits per heavy atom. The number of para-hydroxylation sites is 1. The summed E-state index contributed by atoms with van der Waals surface area (Å²) < 4.78 is 10.2. The number of hydrogen-bond donors (Lipinski definition) is 1. The summed E-state index contributed by atoms with van der Waals surface area (Å²) in [5.74, 6) is 1.62. The predicted molar refractivity (Wildman–Crippen MR) is 121 cm³/mol. The zero-order chi connectivity index (χ0) is 20.6. The minimum absolute atomic E-state index is 0.203. The summed E-state index contributed by atoms with van der Waals surface area (Å²) in [6.07, 6.45) is 8.50. The Morgan fingerprint density at radius 3 is 2.97 bits per heavy atom. The van der Waals surface area contributed by atoms with Crippen molar-refractivity contribution in [3.8, 4) is 11.4 Å². The molecule has 0 saturated carbocycles. The van der Waals surface area contributed by atoms with E-state index in [0.29, 0.717) is 0 Å². The maximum Gasteiger partial charge on any atom is 0.191 e. The molecule has 5 heterocycles. The molecule has 6 rings (SSSR count). The van der Waals surface area contributed by atoms with E-state index in [9.17, 15) is 0 Å². The molecule has 7 nitrogen and oxygen atoms in total. The summed E-state index contributed by atoms with van der Waals surface area (Å²) >= 11 is 1.67. The van der Waals surface area contributed by atoms with Crippen molar-refractivity contribution in [2.75, 3.05) is 6.61 Å². The van der Waals surface area contributed by atoms with Gasteiger partial charge in [-0.3, -0.25) is 4.57 Å². The van der Waals surface area contributed by atoms with Crippen LogP contribution in [0.15, 0.2) is 66.2 Å². The molecule has 156 valence electrons. The molecule has 1 aliphatic rings. The molecular formula is C23H22N6OS. The van der Waals surface area contributed by atoms with E-state index in [0.717, 1.165) is 70.5 Å². The van der Waals surface area contributed by atoms with Gasteiger partial charge in [0.15, 0.2) is 11.0 Å². The molecule has 0 radical (unpaired) electrons. The highest BCUT2D eigenvalue weighted by Crippen LogP contribution is 2.32. The van der Waals surface area contributed by atoms with Gasteiger partial charge in [0, 0.05) is 47.4 Å². The van der Waals surface area contributed by atoms with Crippen molar-refractivity contribution < 1.29 is 4.74 Å². The number of hydrogen-bond acceptors (Lipinski definition) is 5. The van der Waals surface area contributed by atoms with E-state index in [2.05, 4.69) is 44.1 Å². The number of ether oxygens (including phenoxy) is 1. The lowest BCUT2D eigenvalue weighted by Crippen LogP contribution is -2.16. The van der Waals surface area contributed by atoms with Crippen LogP contribution < -0.4 is 0 Å². The molecule has 1 aromatic carbocycles. The SMILES string of the molecule is c1ccc2c(-c3nnc(SCc4cn5ccccc5n4)n3CC3CCCO3)c[nH]c2c1. The molecule has 31 heavy (non-hydrogen) atoms. The molecule has 1 saturated heterocycles. The summed E-state index contributed by atoms with van der Waals surface area (Å²) in [4.78, 5) is 8.07. The lowest BCUT2D eigenvalue weighted by atomic mass is 10.1. The van der Waals surface area contributed by atoms with Crippen LogP contribution >= 0.6 is 11.8 Å². The molecule has 8 heteroatoms. The number of aromatic nitrogens is 6. The lowest BCUT2D eigenvalue weighted by molar-refractivity contribution is 0.0953. The molecule has 1 atom stereocenters. The van der Waals surface area contributed by atoms with Gasteiger partial charge in [-0.15, -0.1) is 10.2 Å². The van der Waals surface area contributed by atoms with Crippen molar-refractivity contribution in [3.63, 3.8) is 0 Å². The number of nitrogens with one attached hydrogen (secondary N) is 1. The molecule has 1 fully saturated rings. The van der Waals surface area contributed by atoms with Crippen LogP contribution in [0.2, 0.25) is 0 Å². The second-order valence-electron chi connectivity index (χ2n) is 7.79. The number of pyridine rings is 1. The van der Waals surface area contributed by atoms with E-state index in [4.69, 9.17) is 9.72 Å². The van der Waals surface area contributed by atoms with Crippen LogP contribution in [0.1, 0.15) is 18.5 Å². The van der Waals surface area contributed by atoms with Crippen molar-refractivity contribution in [2.24, 2.45) is 0 Å². The van der Waals surface area contributed by atoms with Crippen molar-refractivity contribution in [1.29, 1.82) is 0 Å². The summed E-state index contributed by atoms with van der Waals surface area (Å²) in [6, 6.07) is 14.3. The number of aromatic amines is 1. The Kier molecular flexibility index (Phi) is 4.73. The first kappa shape index (κ1) is 18.7. The predicted octanol–water partition coefficient (Wildman–Crippen LogP) is 4.55. The molecule has 1 N–H and O–H groups in total. The number of thioether (sulfide) groups is 1. The number of benzene rings is 1. The minimum atomic E-state index is 0.203. The number of fused-ring (bicyclic) bond motifs is 2. The Bertz CT molecular complexity index is 1310. The summed E-state index contributed by atoms with van der Waals surface area (Å²) in [6.45, 7) is 1.59. The number of imidazole rings is 1. The first-order valence-electron chi connectivity index (χ1n) is 10.5. The maximum absolute atomic E-state index is 5.93. The zero-order valence-electron chi connectivity index (χ0n) is 16.9. The van der Waals surface area contributed by atoms with Crippen LogP contribution in [-0.4, -0.2) is 41.8 Å². The minimum Gasteiger partial charge on any atom is -0.376 e. The fourth-order valence-electron chi connectivity index (χ4n) is 4.20. The number of H-pyrrole nitrogens is 1. The van der Waals surface area contributed by atoms with E-state index in [1.165, 1.54) is 0 Å². The van der Waals surface area contributed by atoms with Crippen molar-refractivity contribution in [1.82, 2.24) is 29.1 Å². The molecule has 0 spiro atoms.